The normalized spacial score (nSPS) is 21.3. The van der Waals surface area contributed by atoms with Crippen molar-refractivity contribution in [1.82, 2.24) is 0 Å². The molecule has 0 spiro atoms. The molecule has 1 heterocycles. The minimum Gasteiger partial charge on any atom is -0.456 e. The highest BCUT2D eigenvalue weighted by Crippen LogP contribution is 2.32. The molecule has 2 atom stereocenters. The van der Waals surface area contributed by atoms with Crippen molar-refractivity contribution in [3.63, 3.8) is 0 Å². The van der Waals surface area contributed by atoms with E-state index in [-0.39, 0.29) is 6.61 Å². The molecule has 0 fully saturated rings. The number of rotatable bonds is 4. The van der Waals surface area contributed by atoms with Gasteiger partial charge >= 0.3 is 11.9 Å². The first-order chi connectivity index (χ1) is 10.0. The summed E-state index contributed by atoms with van der Waals surface area (Å²) in [6.07, 6.45) is 1.08. The lowest BCUT2D eigenvalue weighted by Gasteiger charge is -2.27. The van der Waals surface area contributed by atoms with E-state index in [2.05, 4.69) is 0 Å². The van der Waals surface area contributed by atoms with Crippen LogP contribution in [0.25, 0.3) is 0 Å². The Morgan fingerprint density at radius 3 is 2.52 bits per heavy atom. The fourth-order valence-corrected chi connectivity index (χ4v) is 2.77. The minimum atomic E-state index is -0.538. The number of ether oxygens (including phenoxy) is 3. The average molecular weight is 308 g/mol. The first-order valence-corrected chi connectivity index (χ1v) is 7.33. The minimum absolute atomic E-state index is 0.231. The first kappa shape index (κ1) is 15.6. The first-order valence-electron chi connectivity index (χ1n) is 6.45. The molecular formula is C15H16O5S. The van der Waals surface area contributed by atoms with E-state index < -0.39 is 23.5 Å². The highest BCUT2D eigenvalue weighted by atomic mass is 32.2. The van der Waals surface area contributed by atoms with Gasteiger partial charge in [0, 0.05) is 24.8 Å². The van der Waals surface area contributed by atoms with Crippen molar-refractivity contribution < 1.29 is 23.8 Å². The largest absolute Gasteiger partial charge is 0.456 e. The quantitative estimate of drug-likeness (QED) is 0.797. The van der Waals surface area contributed by atoms with Crippen LogP contribution in [0.15, 0.2) is 47.1 Å². The fraction of sp³-hybridized carbons (Fsp3) is 0.333. The molecule has 0 unspecified atom stereocenters. The summed E-state index contributed by atoms with van der Waals surface area (Å²) in [5, 5.41) is 0. The van der Waals surface area contributed by atoms with Crippen LogP contribution in [0.1, 0.15) is 13.8 Å². The number of hydrogen-bond acceptors (Lipinski definition) is 6. The zero-order valence-electron chi connectivity index (χ0n) is 11.8. The number of esters is 2. The van der Waals surface area contributed by atoms with Gasteiger partial charge in [-0.3, -0.25) is 9.59 Å². The SMILES string of the molecule is CC(=O)OC1=C[C@H](OC(C)=O)CO[C@H]1Sc1ccccc1. The maximum absolute atomic E-state index is 11.2. The summed E-state index contributed by atoms with van der Waals surface area (Å²) in [5.41, 5.74) is -0.442. The van der Waals surface area contributed by atoms with Gasteiger partial charge in [0.15, 0.2) is 5.44 Å². The van der Waals surface area contributed by atoms with E-state index in [9.17, 15) is 9.59 Å². The molecule has 2 rings (SSSR count). The standard InChI is InChI=1S/C15H16O5S/c1-10(16)19-12-8-14(20-11(2)17)15(18-9-12)21-13-6-4-3-5-7-13/h3-8,12,15H,9H2,1-2H3/t12-,15-/m0/s1. The van der Waals surface area contributed by atoms with Crippen LogP contribution in [-0.4, -0.2) is 30.1 Å². The zero-order valence-corrected chi connectivity index (χ0v) is 12.6. The molecule has 0 aromatic heterocycles. The van der Waals surface area contributed by atoms with Crippen LogP contribution >= 0.6 is 11.8 Å². The third-order valence-corrected chi connectivity index (χ3v) is 3.69. The lowest BCUT2D eigenvalue weighted by molar-refractivity contribution is -0.148. The Balaban J connectivity index is 2.12. The number of thioether (sulfide) groups is 1. The maximum Gasteiger partial charge on any atom is 0.307 e. The molecule has 112 valence electrons. The molecule has 0 amide bonds. The van der Waals surface area contributed by atoms with Crippen LogP contribution in [0.2, 0.25) is 0 Å². The van der Waals surface area contributed by atoms with Gasteiger partial charge in [-0.1, -0.05) is 30.0 Å². The summed E-state index contributed by atoms with van der Waals surface area (Å²) in [6.45, 7) is 2.87. The molecule has 1 aliphatic rings. The maximum atomic E-state index is 11.2. The van der Waals surface area contributed by atoms with Crippen molar-refractivity contribution >= 4 is 23.7 Å². The van der Waals surface area contributed by atoms with Gasteiger partial charge in [-0.05, 0) is 12.1 Å². The van der Waals surface area contributed by atoms with E-state index in [0.717, 1.165) is 4.90 Å². The van der Waals surface area contributed by atoms with Gasteiger partial charge in [0.25, 0.3) is 0 Å². The van der Waals surface area contributed by atoms with Gasteiger partial charge in [-0.15, -0.1) is 0 Å². The van der Waals surface area contributed by atoms with Crippen LogP contribution in [0, 0.1) is 0 Å². The highest BCUT2D eigenvalue weighted by molar-refractivity contribution is 8.00. The Kier molecular flexibility index (Phi) is 5.41. The Labute approximate surface area is 127 Å². The Morgan fingerprint density at radius 2 is 1.90 bits per heavy atom. The molecule has 6 heteroatoms. The van der Waals surface area contributed by atoms with Gasteiger partial charge in [-0.2, -0.15) is 0 Å². The Morgan fingerprint density at radius 1 is 1.19 bits per heavy atom. The fourth-order valence-electron chi connectivity index (χ4n) is 1.82. The van der Waals surface area contributed by atoms with Crippen LogP contribution in [0.3, 0.4) is 0 Å². The number of hydrogen-bond donors (Lipinski definition) is 0. The average Bonchev–Trinajstić information content (AvgIpc) is 2.41. The van der Waals surface area contributed by atoms with Crippen molar-refractivity contribution in [1.29, 1.82) is 0 Å². The van der Waals surface area contributed by atoms with Gasteiger partial charge in [0.1, 0.15) is 11.9 Å². The van der Waals surface area contributed by atoms with Gasteiger partial charge in [-0.25, -0.2) is 0 Å². The molecule has 0 saturated heterocycles. The summed E-state index contributed by atoms with van der Waals surface area (Å²) in [5.74, 6) is -0.489. The van der Waals surface area contributed by atoms with Crippen molar-refractivity contribution in [2.45, 2.75) is 30.3 Å². The molecule has 0 bridgehead atoms. The summed E-state index contributed by atoms with van der Waals surface area (Å²) >= 11 is 1.43. The van der Waals surface area contributed by atoms with Crippen molar-refractivity contribution in [3.8, 4) is 0 Å². The molecule has 0 aliphatic carbocycles. The van der Waals surface area contributed by atoms with Crippen LogP contribution in [0.5, 0.6) is 0 Å². The monoisotopic (exact) mass is 308 g/mol. The number of carbonyl (C=O) groups excluding carboxylic acids is 2. The van der Waals surface area contributed by atoms with Gasteiger partial charge < -0.3 is 14.2 Å². The third-order valence-electron chi connectivity index (χ3n) is 2.56. The van der Waals surface area contributed by atoms with Crippen LogP contribution in [-0.2, 0) is 23.8 Å². The van der Waals surface area contributed by atoms with E-state index in [1.54, 1.807) is 6.08 Å². The van der Waals surface area contributed by atoms with Crippen molar-refractivity contribution in [2.24, 2.45) is 0 Å². The number of benzene rings is 1. The van der Waals surface area contributed by atoms with Crippen LogP contribution in [0.4, 0.5) is 0 Å². The van der Waals surface area contributed by atoms with E-state index in [1.165, 1.54) is 25.6 Å². The predicted molar refractivity (Wildman–Crippen MR) is 77.4 cm³/mol. The van der Waals surface area contributed by atoms with E-state index in [1.807, 2.05) is 30.3 Å². The van der Waals surface area contributed by atoms with Crippen molar-refractivity contribution in [3.05, 3.63) is 42.2 Å². The number of carbonyl (C=O) groups is 2. The molecule has 0 radical (unpaired) electrons. The highest BCUT2D eigenvalue weighted by Gasteiger charge is 2.28. The third kappa shape index (κ3) is 4.91. The second-order valence-electron chi connectivity index (χ2n) is 4.41. The van der Waals surface area contributed by atoms with Crippen LogP contribution < -0.4 is 0 Å². The Bertz CT molecular complexity index is 540. The topological polar surface area (TPSA) is 61.8 Å². The second kappa shape index (κ2) is 7.28. The molecule has 1 aromatic carbocycles. The molecule has 0 saturated carbocycles. The molecule has 5 nitrogen and oxygen atoms in total. The second-order valence-corrected chi connectivity index (χ2v) is 5.54. The van der Waals surface area contributed by atoms with Gasteiger partial charge in [0.05, 0.1) is 6.61 Å². The summed E-state index contributed by atoms with van der Waals surface area (Å²) in [6, 6.07) is 9.64. The molecule has 1 aromatic rings. The van der Waals surface area contributed by atoms with Gasteiger partial charge in [0.2, 0.25) is 0 Å². The lowest BCUT2D eigenvalue weighted by Crippen LogP contribution is -2.31. The van der Waals surface area contributed by atoms with Crippen molar-refractivity contribution in [2.75, 3.05) is 6.61 Å². The summed E-state index contributed by atoms with van der Waals surface area (Å²) < 4.78 is 15.9. The predicted octanol–water partition coefficient (Wildman–Crippen LogP) is 2.51. The summed E-state index contributed by atoms with van der Waals surface area (Å²) in [4.78, 5) is 23.2. The molecule has 1 aliphatic heterocycles. The molecular weight excluding hydrogens is 292 g/mol. The Hall–Kier alpha value is -1.79. The smallest absolute Gasteiger partial charge is 0.307 e. The lowest BCUT2D eigenvalue weighted by atomic mass is 10.2. The zero-order chi connectivity index (χ0) is 15.2. The molecule has 21 heavy (non-hydrogen) atoms. The van der Waals surface area contributed by atoms with E-state index in [0.29, 0.717) is 5.76 Å². The van der Waals surface area contributed by atoms with E-state index >= 15 is 0 Å². The molecule has 0 N–H and O–H groups in total. The van der Waals surface area contributed by atoms with E-state index in [4.69, 9.17) is 14.2 Å². The summed E-state index contributed by atoms with van der Waals surface area (Å²) in [7, 11) is 0.